The molecule has 0 radical (unpaired) electrons. The van der Waals surface area contributed by atoms with Crippen LogP contribution in [0.2, 0.25) is 0 Å². The van der Waals surface area contributed by atoms with Crippen LogP contribution in [-0.2, 0) is 16.0 Å². The van der Waals surface area contributed by atoms with Crippen LogP contribution in [0, 0.1) is 0 Å². The highest BCUT2D eigenvalue weighted by atomic mass is 16.5. The zero-order valence-corrected chi connectivity index (χ0v) is 18.4. The highest BCUT2D eigenvalue weighted by molar-refractivity contribution is 5.96. The molecule has 0 fully saturated rings. The molecule has 0 unspecified atom stereocenters. The Balaban J connectivity index is 2.05. The maximum atomic E-state index is 12.4. The number of carboxylic acid groups (broad SMARTS) is 1. The number of hydrogen-bond donors (Lipinski definition) is 1. The van der Waals surface area contributed by atoms with Gasteiger partial charge in [-0.15, -0.1) is 0 Å². The van der Waals surface area contributed by atoms with Gasteiger partial charge >= 0.3 is 11.9 Å². The summed E-state index contributed by atoms with van der Waals surface area (Å²) in [6, 6.07) is 18.0. The minimum atomic E-state index is -0.917. The molecule has 0 saturated heterocycles. The predicted octanol–water partition coefficient (Wildman–Crippen LogP) is 4.12. The smallest absolute Gasteiger partial charge is 0.358 e. The number of aromatic nitrogens is 2. The van der Waals surface area contributed by atoms with E-state index in [4.69, 9.17) is 14.2 Å². The number of nitrogens with zero attached hydrogens (tertiary/aromatic N) is 2. The molecule has 1 heterocycles. The summed E-state index contributed by atoms with van der Waals surface area (Å²) in [6.45, 7) is 0. The van der Waals surface area contributed by atoms with Crippen LogP contribution in [0.4, 0.5) is 0 Å². The summed E-state index contributed by atoms with van der Waals surface area (Å²) >= 11 is 0. The van der Waals surface area contributed by atoms with Gasteiger partial charge in [0.2, 0.25) is 0 Å². The quantitative estimate of drug-likeness (QED) is 0.426. The van der Waals surface area contributed by atoms with Gasteiger partial charge in [-0.2, -0.15) is 5.10 Å². The van der Waals surface area contributed by atoms with E-state index < -0.39 is 11.9 Å². The first-order chi connectivity index (χ1) is 16.0. The van der Waals surface area contributed by atoms with Crippen LogP contribution >= 0.6 is 0 Å². The zero-order chi connectivity index (χ0) is 23.5. The number of esters is 1. The number of fused-ring (bicyclic) bond motifs is 1. The Bertz CT molecular complexity index is 1340. The van der Waals surface area contributed by atoms with E-state index in [0.29, 0.717) is 34.0 Å². The first-order valence-corrected chi connectivity index (χ1v) is 10.1. The summed E-state index contributed by atoms with van der Waals surface area (Å²) in [7, 11) is 4.40. The summed E-state index contributed by atoms with van der Waals surface area (Å²) in [4.78, 5) is 23.7. The molecule has 8 nitrogen and oxygen atoms in total. The largest absolute Gasteiger partial charge is 0.496 e. The second kappa shape index (κ2) is 9.04. The molecular formula is C25H22N2O6. The number of methoxy groups -OCH3 is 3. The fraction of sp³-hybridized carbons (Fsp3) is 0.160. The summed E-state index contributed by atoms with van der Waals surface area (Å²) in [5.74, 6) is -0.424. The lowest BCUT2D eigenvalue weighted by molar-refractivity contribution is -0.136. The third-order valence-corrected chi connectivity index (χ3v) is 5.35. The van der Waals surface area contributed by atoms with Gasteiger partial charge in [-0.25, -0.2) is 9.48 Å². The molecule has 1 aromatic heterocycles. The van der Waals surface area contributed by atoms with Crippen molar-refractivity contribution in [3.63, 3.8) is 0 Å². The topological polar surface area (TPSA) is 99.9 Å². The van der Waals surface area contributed by atoms with E-state index in [-0.39, 0.29) is 12.1 Å². The van der Waals surface area contributed by atoms with Crippen molar-refractivity contribution in [3.05, 3.63) is 71.9 Å². The highest BCUT2D eigenvalue weighted by Gasteiger charge is 2.23. The fourth-order valence-corrected chi connectivity index (χ4v) is 3.90. The summed E-state index contributed by atoms with van der Waals surface area (Å²) in [5.41, 5.74) is 2.63. The number of aliphatic carboxylic acids is 1. The Kier molecular flexibility index (Phi) is 5.99. The van der Waals surface area contributed by atoms with Crippen molar-refractivity contribution in [1.82, 2.24) is 9.78 Å². The van der Waals surface area contributed by atoms with Crippen molar-refractivity contribution < 1.29 is 28.9 Å². The number of carbonyl (C=O) groups is 2. The van der Waals surface area contributed by atoms with Gasteiger partial charge < -0.3 is 19.3 Å². The Morgan fingerprint density at radius 3 is 2.18 bits per heavy atom. The molecule has 8 heteroatoms. The van der Waals surface area contributed by atoms with Crippen molar-refractivity contribution in [2.24, 2.45) is 0 Å². The molecule has 0 aliphatic carbocycles. The molecule has 33 heavy (non-hydrogen) atoms. The van der Waals surface area contributed by atoms with Crippen LogP contribution in [0.25, 0.3) is 27.7 Å². The zero-order valence-electron chi connectivity index (χ0n) is 18.4. The number of carboxylic acids is 1. The van der Waals surface area contributed by atoms with Crippen LogP contribution < -0.4 is 9.47 Å². The van der Waals surface area contributed by atoms with E-state index >= 15 is 0 Å². The molecular weight excluding hydrogens is 424 g/mol. The summed E-state index contributed by atoms with van der Waals surface area (Å²) in [5, 5.41) is 15.4. The molecule has 0 aliphatic rings. The molecule has 0 saturated carbocycles. The number of rotatable bonds is 7. The van der Waals surface area contributed by atoms with Gasteiger partial charge in [-0.1, -0.05) is 36.4 Å². The number of hydrogen-bond acceptors (Lipinski definition) is 6. The van der Waals surface area contributed by atoms with Gasteiger partial charge in [0.25, 0.3) is 0 Å². The number of ether oxygens (including phenoxy) is 3. The standard InChI is InChI=1S/C25H22N2O6/c1-31-21-9-6-10-22(32-2)24(21)20-14-18(25(30)33-3)26-27(20)19-12-11-15(13-23(28)29)16-7-4-5-8-17(16)19/h4-12,14H,13H2,1-3H3,(H,28,29). The Morgan fingerprint density at radius 2 is 1.58 bits per heavy atom. The Labute approximate surface area is 189 Å². The van der Waals surface area contributed by atoms with Crippen LogP contribution in [0.15, 0.2) is 60.7 Å². The third kappa shape index (κ3) is 3.98. The summed E-state index contributed by atoms with van der Waals surface area (Å²) in [6.07, 6.45) is -0.111. The van der Waals surface area contributed by atoms with Crippen LogP contribution in [0.3, 0.4) is 0 Å². The van der Waals surface area contributed by atoms with Gasteiger partial charge in [0.1, 0.15) is 11.5 Å². The molecule has 4 rings (SSSR count). The van der Waals surface area contributed by atoms with Crippen molar-refractivity contribution in [2.45, 2.75) is 6.42 Å². The van der Waals surface area contributed by atoms with E-state index in [1.165, 1.54) is 7.11 Å². The van der Waals surface area contributed by atoms with Gasteiger partial charge in [-0.3, -0.25) is 4.79 Å². The first kappa shape index (κ1) is 21.9. The predicted molar refractivity (Wildman–Crippen MR) is 122 cm³/mol. The maximum Gasteiger partial charge on any atom is 0.358 e. The Hall–Kier alpha value is -4.33. The molecule has 1 N–H and O–H groups in total. The second-order valence-electron chi connectivity index (χ2n) is 7.22. The van der Waals surface area contributed by atoms with E-state index in [0.717, 1.165) is 10.8 Å². The number of benzene rings is 3. The fourth-order valence-electron chi connectivity index (χ4n) is 3.90. The molecule has 0 atom stereocenters. The van der Waals surface area contributed by atoms with E-state index in [1.807, 2.05) is 24.3 Å². The molecule has 0 spiro atoms. The van der Waals surface area contributed by atoms with Crippen molar-refractivity contribution >= 4 is 22.7 Å². The van der Waals surface area contributed by atoms with Crippen LogP contribution in [0.5, 0.6) is 11.5 Å². The third-order valence-electron chi connectivity index (χ3n) is 5.35. The normalized spacial score (nSPS) is 10.8. The van der Waals surface area contributed by atoms with Gasteiger partial charge in [0, 0.05) is 5.39 Å². The molecule has 4 aromatic rings. The molecule has 0 amide bonds. The van der Waals surface area contributed by atoms with Gasteiger partial charge in [0.15, 0.2) is 5.69 Å². The first-order valence-electron chi connectivity index (χ1n) is 10.1. The second-order valence-corrected chi connectivity index (χ2v) is 7.22. The Morgan fingerprint density at radius 1 is 0.909 bits per heavy atom. The van der Waals surface area contributed by atoms with E-state index in [1.54, 1.807) is 55.3 Å². The van der Waals surface area contributed by atoms with Crippen molar-refractivity contribution in [1.29, 1.82) is 0 Å². The monoisotopic (exact) mass is 446 g/mol. The lowest BCUT2D eigenvalue weighted by Crippen LogP contribution is -2.07. The maximum absolute atomic E-state index is 12.4. The lowest BCUT2D eigenvalue weighted by Gasteiger charge is -2.16. The molecule has 3 aromatic carbocycles. The molecule has 168 valence electrons. The van der Waals surface area contributed by atoms with E-state index in [2.05, 4.69) is 5.10 Å². The highest BCUT2D eigenvalue weighted by Crippen LogP contribution is 2.40. The van der Waals surface area contributed by atoms with Crippen molar-refractivity contribution in [2.75, 3.05) is 21.3 Å². The van der Waals surface area contributed by atoms with Crippen LogP contribution in [-0.4, -0.2) is 48.2 Å². The average Bonchev–Trinajstić information content (AvgIpc) is 3.27. The lowest BCUT2D eigenvalue weighted by atomic mass is 10.00. The minimum Gasteiger partial charge on any atom is -0.496 e. The number of carbonyl (C=O) groups excluding carboxylic acids is 1. The minimum absolute atomic E-state index is 0.110. The SMILES string of the molecule is COC(=O)c1cc(-c2c(OC)cccc2OC)n(-c2ccc(CC(=O)O)c3ccccc23)n1. The van der Waals surface area contributed by atoms with Crippen molar-refractivity contribution in [3.8, 4) is 28.4 Å². The van der Waals surface area contributed by atoms with Gasteiger partial charge in [-0.05, 0) is 35.2 Å². The van der Waals surface area contributed by atoms with E-state index in [9.17, 15) is 14.7 Å². The summed E-state index contributed by atoms with van der Waals surface area (Å²) < 4.78 is 17.7. The molecule has 0 bridgehead atoms. The molecule has 0 aliphatic heterocycles. The average molecular weight is 446 g/mol. The van der Waals surface area contributed by atoms with Gasteiger partial charge in [0.05, 0.1) is 44.7 Å². The van der Waals surface area contributed by atoms with Crippen LogP contribution in [0.1, 0.15) is 16.1 Å².